The van der Waals surface area contributed by atoms with Crippen LogP contribution >= 0.6 is 0 Å². The fourth-order valence-corrected chi connectivity index (χ4v) is 5.57. The molecule has 2 rings (SSSR count). The zero-order valence-corrected chi connectivity index (χ0v) is 24.0. The molecule has 37 heavy (non-hydrogen) atoms. The predicted octanol–water partition coefficient (Wildman–Crippen LogP) is 5.30. The fourth-order valence-electron chi connectivity index (χ4n) is 5.57. The Balaban J connectivity index is 1.83. The maximum atomic E-state index is 13.4. The fraction of sp³-hybridized carbons (Fsp3) is 0.733. The molecule has 1 aliphatic rings. The van der Waals surface area contributed by atoms with Crippen LogP contribution in [0.5, 0.6) is 11.5 Å². The number of benzene rings is 1. The van der Waals surface area contributed by atoms with E-state index in [1.54, 1.807) is 14.2 Å². The van der Waals surface area contributed by atoms with Gasteiger partial charge in [-0.1, -0.05) is 53.0 Å². The SMILES string of the molecule is COCCCOc1cc(CCCCCCC(C(=O)NC[C@@H]2CCC(=O)N2)(C(C)C)C(C)C)ccc1OC. The summed E-state index contributed by atoms with van der Waals surface area (Å²) in [4.78, 5) is 24.9. The van der Waals surface area contributed by atoms with Crippen molar-refractivity contribution in [3.8, 4) is 11.5 Å². The molecule has 0 saturated carbocycles. The summed E-state index contributed by atoms with van der Waals surface area (Å²) in [6, 6.07) is 6.24. The maximum Gasteiger partial charge on any atom is 0.226 e. The largest absolute Gasteiger partial charge is 0.493 e. The van der Waals surface area contributed by atoms with Crippen molar-refractivity contribution in [1.82, 2.24) is 10.6 Å². The summed E-state index contributed by atoms with van der Waals surface area (Å²) in [7, 11) is 3.36. The van der Waals surface area contributed by atoms with Crippen LogP contribution in [0, 0.1) is 17.3 Å². The van der Waals surface area contributed by atoms with Crippen LogP contribution < -0.4 is 20.1 Å². The lowest BCUT2D eigenvalue weighted by Crippen LogP contribution is -2.50. The van der Waals surface area contributed by atoms with Crippen molar-refractivity contribution in [2.45, 2.75) is 91.5 Å². The highest BCUT2D eigenvalue weighted by Crippen LogP contribution is 2.41. The molecule has 2 N–H and O–H groups in total. The molecule has 1 heterocycles. The standard InChI is InChI=1S/C30H50N2O5/c1-22(2)30(23(3)4,29(34)31-21-25-14-16-28(33)32-25)17-10-8-7-9-12-24-13-15-26(36-6)27(20-24)37-19-11-18-35-5/h13,15,20,22-23,25H,7-12,14,16-19,21H2,1-6H3,(H,31,34)(H,32,33)/t25-/m0/s1. The van der Waals surface area contributed by atoms with Gasteiger partial charge in [-0.25, -0.2) is 0 Å². The number of amides is 2. The van der Waals surface area contributed by atoms with Crippen LogP contribution in [0.3, 0.4) is 0 Å². The van der Waals surface area contributed by atoms with Gasteiger partial charge in [0, 0.05) is 39.1 Å². The van der Waals surface area contributed by atoms with E-state index >= 15 is 0 Å². The van der Waals surface area contributed by atoms with Crippen molar-refractivity contribution in [3.63, 3.8) is 0 Å². The summed E-state index contributed by atoms with van der Waals surface area (Å²) in [6.07, 6.45) is 8.41. The third-order valence-corrected chi connectivity index (χ3v) is 7.86. The number of hydrogen-bond donors (Lipinski definition) is 2. The van der Waals surface area contributed by atoms with Gasteiger partial charge in [0.25, 0.3) is 0 Å². The second kappa shape index (κ2) is 15.9. The number of hydrogen-bond acceptors (Lipinski definition) is 5. The van der Waals surface area contributed by atoms with E-state index in [0.717, 1.165) is 62.9 Å². The summed E-state index contributed by atoms with van der Waals surface area (Å²) in [6.45, 7) is 10.4. The summed E-state index contributed by atoms with van der Waals surface area (Å²) in [5.74, 6) is 2.25. The molecule has 0 radical (unpaired) electrons. The van der Waals surface area contributed by atoms with Crippen molar-refractivity contribution in [3.05, 3.63) is 23.8 Å². The molecule has 1 aliphatic heterocycles. The molecule has 0 aromatic heterocycles. The van der Waals surface area contributed by atoms with Crippen molar-refractivity contribution < 1.29 is 23.8 Å². The summed E-state index contributed by atoms with van der Waals surface area (Å²) in [5.41, 5.74) is 0.854. The van der Waals surface area contributed by atoms with E-state index in [0.29, 0.717) is 26.2 Å². The molecule has 7 heteroatoms. The van der Waals surface area contributed by atoms with Gasteiger partial charge in [0.1, 0.15) is 0 Å². The van der Waals surface area contributed by atoms with Gasteiger partial charge >= 0.3 is 0 Å². The van der Waals surface area contributed by atoms with Crippen molar-refractivity contribution >= 4 is 11.8 Å². The molecule has 2 amide bonds. The van der Waals surface area contributed by atoms with Gasteiger partial charge in [0.15, 0.2) is 11.5 Å². The molecule has 1 fully saturated rings. The van der Waals surface area contributed by atoms with Gasteiger partial charge < -0.3 is 24.8 Å². The molecule has 0 aliphatic carbocycles. The van der Waals surface area contributed by atoms with E-state index in [1.165, 1.54) is 5.56 Å². The van der Waals surface area contributed by atoms with Crippen molar-refractivity contribution in [1.29, 1.82) is 0 Å². The Morgan fingerprint density at radius 3 is 2.38 bits per heavy atom. The first-order valence-electron chi connectivity index (χ1n) is 14.1. The number of aryl methyl sites for hydroxylation is 1. The minimum atomic E-state index is -0.395. The van der Waals surface area contributed by atoms with E-state index in [2.05, 4.69) is 50.5 Å². The van der Waals surface area contributed by atoms with E-state index in [9.17, 15) is 9.59 Å². The average Bonchev–Trinajstić information content (AvgIpc) is 3.29. The van der Waals surface area contributed by atoms with Crippen molar-refractivity contribution in [2.24, 2.45) is 17.3 Å². The van der Waals surface area contributed by atoms with E-state index in [4.69, 9.17) is 14.2 Å². The van der Waals surface area contributed by atoms with Gasteiger partial charge in [-0.3, -0.25) is 9.59 Å². The molecule has 0 spiro atoms. The summed E-state index contributed by atoms with van der Waals surface area (Å²) >= 11 is 0. The minimum absolute atomic E-state index is 0.0581. The van der Waals surface area contributed by atoms with Gasteiger partial charge in [0.05, 0.1) is 19.1 Å². The first kappa shape index (κ1) is 30.9. The average molecular weight is 519 g/mol. The van der Waals surface area contributed by atoms with Crippen molar-refractivity contribution in [2.75, 3.05) is 34.0 Å². The van der Waals surface area contributed by atoms with Gasteiger partial charge in [-0.2, -0.15) is 0 Å². The van der Waals surface area contributed by atoms with Crippen LogP contribution in [0.2, 0.25) is 0 Å². The molecule has 1 aromatic rings. The molecule has 1 saturated heterocycles. The number of unbranched alkanes of at least 4 members (excludes halogenated alkanes) is 3. The third kappa shape index (κ3) is 9.20. The second-order valence-electron chi connectivity index (χ2n) is 11.0. The number of carbonyl (C=O) groups excluding carboxylic acids is 2. The number of methoxy groups -OCH3 is 2. The topological polar surface area (TPSA) is 85.9 Å². The molecule has 1 aromatic carbocycles. The molecule has 1 atom stereocenters. The minimum Gasteiger partial charge on any atom is -0.493 e. The van der Waals surface area contributed by atoms with Gasteiger partial charge in [-0.15, -0.1) is 0 Å². The number of nitrogens with one attached hydrogen (secondary N) is 2. The van der Waals surface area contributed by atoms with Crippen LogP contribution in [0.15, 0.2) is 18.2 Å². The van der Waals surface area contributed by atoms with Crippen LogP contribution in [-0.2, 0) is 20.7 Å². The first-order chi connectivity index (χ1) is 17.7. The highest BCUT2D eigenvalue weighted by molar-refractivity contribution is 5.83. The van der Waals surface area contributed by atoms with E-state index in [-0.39, 0.29) is 29.7 Å². The molecule has 0 bridgehead atoms. The lowest BCUT2D eigenvalue weighted by atomic mass is 9.65. The molecule has 210 valence electrons. The lowest BCUT2D eigenvalue weighted by molar-refractivity contribution is -0.138. The Morgan fingerprint density at radius 2 is 1.76 bits per heavy atom. The highest BCUT2D eigenvalue weighted by atomic mass is 16.5. The summed E-state index contributed by atoms with van der Waals surface area (Å²) in [5, 5.41) is 6.13. The molecule has 7 nitrogen and oxygen atoms in total. The Kier molecular flexibility index (Phi) is 13.3. The van der Waals surface area contributed by atoms with E-state index < -0.39 is 5.41 Å². The number of ether oxygens (including phenoxy) is 3. The van der Waals surface area contributed by atoms with Gasteiger partial charge in [0.2, 0.25) is 11.8 Å². The Morgan fingerprint density at radius 1 is 1.03 bits per heavy atom. The lowest BCUT2D eigenvalue weighted by Gasteiger charge is -2.40. The summed E-state index contributed by atoms with van der Waals surface area (Å²) < 4.78 is 16.5. The zero-order chi connectivity index (χ0) is 27.3. The quantitative estimate of drug-likeness (QED) is 0.258. The third-order valence-electron chi connectivity index (χ3n) is 7.86. The Labute approximate surface area is 224 Å². The van der Waals surface area contributed by atoms with Crippen LogP contribution in [0.25, 0.3) is 0 Å². The van der Waals surface area contributed by atoms with Crippen LogP contribution in [-0.4, -0.2) is 51.8 Å². The predicted molar refractivity (Wildman–Crippen MR) is 148 cm³/mol. The molecule has 0 unspecified atom stereocenters. The second-order valence-corrected chi connectivity index (χ2v) is 11.0. The van der Waals surface area contributed by atoms with E-state index in [1.807, 2.05) is 6.07 Å². The number of rotatable bonds is 18. The smallest absolute Gasteiger partial charge is 0.226 e. The molecular formula is C30H50N2O5. The van der Waals surface area contributed by atoms with Gasteiger partial charge in [-0.05, 0) is 55.2 Å². The maximum absolute atomic E-state index is 13.4. The number of carbonyl (C=O) groups is 2. The molecular weight excluding hydrogens is 468 g/mol. The van der Waals surface area contributed by atoms with Crippen LogP contribution in [0.1, 0.15) is 84.6 Å². The first-order valence-corrected chi connectivity index (χ1v) is 14.1. The highest BCUT2D eigenvalue weighted by Gasteiger charge is 2.43. The van der Waals surface area contributed by atoms with Crippen LogP contribution in [0.4, 0.5) is 0 Å². The zero-order valence-electron chi connectivity index (χ0n) is 24.0. The Bertz CT molecular complexity index is 831. The normalized spacial score (nSPS) is 15.8. The monoisotopic (exact) mass is 518 g/mol. The Hall–Kier alpha value is -2.28.